The van der Waals surface area contributed by atoms with Gasteiger partial charge in [-0.3, -0.25) is 0 Å². The van der Waals surface area contributed by atoms with Gasteiger partial charge in [-0.05, 0) is 32.9 Å². The van der Waals surface area contributed by atoms with Crippen LogP contribution >= 0.6 is 46.1 Å². The molecule has 0 aromatic carbocycles. The molecule has 0 bridgehead atoms. The summed E-state index contributed by atoms with van der Waals surface area (Å²) >= 11 is 19.5. The topological polar surface area (TPSA) is 97.1 Å². The first kappa shape index (κ1) is 22.3. The normalized spacial score (nSPS) is 12.9. The van der Waals surface area contributed by atoms with Crippen LogP contribution in [0.15, 0.2) is 27.7 Å². The summed E-state index contributed by atoms with van der Waals surface area (Å²) in [5.41, 5.74) is 2.25. The van der Waals surface area contributed by atoms with E-state index in [1.54, 1.807) is 13.0 Å². The standard InChI is InChI=1S/C17H17Cl3N4O3S2/c1-8-13(10(3)27-23-8)7-22-17-14(18)4-11(6-21-17)29(25,26)24-9(2)12-5-15(19)28-16(12)20/h4-6,9,24H,7H2,1-3H3,(H,21,22). The maximum Gasteiger partial charge on any atom is 0.242 e. The van der Waals surface area contributed by atoms with E-state index in [1.165, 1.54) is 23.6 Å². The largest absolute Gasteiger partial charge is 0.365 e. The molecule has 156 valence electrons. The number of hydrogen-bond acceptors (Lipinski definition) is 7. The van der Waals surface area contributed by atoms with E-state index in [-0.39, 0.29) is 9.92 Å². The highest BCUT2D eigenvalue weighted by molar-refractivity contribution is 7.89. The Bertz CT molecular complexity index is 1130. The lowest BCUT2D eigenvalue weighted by Crippen LogP contribution is -2.27. The van der Waals surface area contributed by atoms with Gasteiger partial charge in [-0.2, -0.15) is 0 Å². The Kier molecular flexibility index (Phi) is 6.77. The molecule has 0 aliphatic carbocycles. The summed E-state index contributed by atoms with van der Waals surface area (Å²) in [6.45, 7) is 5.71. The first-order valence-electron chi connectivity index (χ1n) is 8.36. The van der Waals surface area contributed by atoms with E-state index in [2.05, 4.69) is 20.2 Å². The van der Waals surface area contributed by atoms with Crippen LogP contribution < -0.4 is 10.0 Å². The van der Waals surface area contributed by atoms with E-state index in [0.29, 0.717) is 32.4 Å². The molecule has 3 heterocycles. The van der Waals surface area contributed by atoms with Crippen LogP contribution in [0.25, 0.3) is 0 Å². The third kappa shape index (κ3) is 5.04. The molecule has 0 amide bonds. The lowest BCUT2D eigenvalue weighted by atomic mass is 10.2. The van der Waals surface area contributed by atoms with Gasteiger partial charge in [-0.1, -0.05) is 40.0 Å². The Labute approximate surface area is 187 Å². The van der Waals surface area contributed by atoms with Crippen LogP contribution in [-0.4, -0.2) is 18.6 Å². The lowest BCUT2D eigenvalue weighted by Gasteiger charge is -2.14. The third-order valence-corrected chi connectivity index (χ3v) is 7.54. The van der Waals surface area contributed by atoms with Crippen molar-refractivity contribution in [1.29, 1.82) is 0 Å². The monoisotopic (exact) mass is 494 g/mol. The second-order valence-corrected chi connectivity index (χ2v) is 10.7. The minimum absolute atomic E-state index is 0.0605. The van der Waals surface area contributed by atoms with Crippen LogP contribution in [0.4, 0.5) is 5.82 Å². The number of nitrogens with zero attached hydrogens (tertiary/aromatic N) is 2. The smallest absolute Gasteiger partial charge is 0.242 e. The second kappa shape index (κ2) is 8.79. The maximum absolute atomic E-state index is 12.7. The van der Waals surface area contributed by atoms with Gasteiger partial charge in [-0.25, -0.2) is 18.1 Å². The molecule has 3 aromatic heterocycles. The number of aryl methyl sites for hydroxylation is 2. The zero-order valence-corrected chi connectivity index (χ0v) is 19.5. The van der Waals surface area contributed by atoms with Crippen molar-refractivity contribution in [3.8, 4) is 0 Å². The highest BCUT2D eigenvalue weighted by Gasteiger charge is 2.23. The molecule has 1 unspecified atom stereocenters. The number of anilines is 1. The Morgan fingerprint density at radius 2 is 1.97 bits per heavy atom. The number of rotatable bonds is 7. The van der Waals surface area contributed by atoms with E-state index < -0.39 is 16.1 Å². The molecule has 7 nitrogen and oxygen atoms in total. The second-order valence-electron chi connectivity index (χ2n) is 6.28. The molecule has 0 radical (unpaired) electrons. The van der Waals surface area contributed by atoms with Gasteiger partial charge in [0, 0.05) is 29.9 Å². The maximum atomic E-state index is 12.7. The summed E-state index contributed by atoms with van der Waals surface area (Å²) in [6, 6.07) is 2.39. The van der Waals surface area contributed by atoms with Crippen LogP contribution in [0.3, 0.4) is 0 Å². The van der Waals surface area contributed by atoms with Crippen LogP contribution in [0.5, 0.6) is 0 Å². The van der Waals surface area contributed by atoms with Gasteiger partial charge in [0.2, 0.25) is 10.0 Å². The zero-order valence-electron chi connectivity index (χ0n) is 15.6. The first-order valence-corrected chi connectivity index (χ1v) is 11.8. The van der Waals surface area contributed by atoms with Crippen LogP contribution in [0.2, 0.25) is 13.7 Å². The third-order valence-electron chi connectivity index (χ3n) is 4.22. The number of thiophene rings is 1. The number of halogens is 3. The van der Waals surface area contributed by atoms with Crippen LogP contribution in [0, 0.1) is 13.8 Å². The average Bonchev–Trinajstić information content (AvgIpc) is 3.14. The van der Waals surface area contributed by atoms with Crippen molar-refractivity contribution in [1.82, 2.24) is 14.9 Å². The molecular weight excluding hydrogens is 479 g/mol. The molecule has 29 heavy (non-hydrogen) atoms. The number of aromatic nitrogens is 2. The van der Waals surface area contributed by atoms with Crippen molar-refractivity contribution in [2.24, 2.45) is 0 Å². The fourth-order valence-corrected chi connectivity index (χ4v) is 5.77. The van der Waals surface area contributed by atoms with Gasteiger partial charge in [0.1, 0.15) is 16.5 Å². The molecular formula is C17H17Cl3N4O3S2. The van der Waals surface area contributed by atoms with Crippen molar-refractivity contribution in [3.05, 3.63) is 54.6 Å². The van der Waals surface area contributed by atoms with E-state index >= 15 is 0 Å². The number of sulfonamides is 1. The summed E-state index contributed by atoms with van der Waals surface area (Å²) < 4.78 is 34.0. The van der Waals surface area contributed by atoms with Gasteiger partial charge >= 0.3 is 0 Å². The van der Waals surface area contributed by atoms with Gasteiger partial charge in [0.15, 0.2) is 0 Å². The van der Waals surface area contributed by atoms with Gasteiger partial charge < -0.3 is 9.84 Å². The number of nitrogens with one attached hydrogen (secondary N) is 2. The van der Waals surface area contributed by atoms with Crippen molar-refractivity contribution < 1.29 is 12.9 Å². The van der Waals surface area contributed by atoms with Gasteiger partial charge in [0.25, 0.3) is 0 Å². The van der Waals surface area contributed by atoms with E-state index in [1.807, 2.05) is 13.8 Å². The minimum atomic E-state index is -3.87. The average molecular weight is 496 g/mol. The first-order chi connectivity index (χ1) is 13.6. The highest BCUT2D eigenvalue weighted by atomic mass is 35.5. The van der Waals surface area contributed by atoms with Crippen molar-refractivity contribution in [2.75, 3.05) is 5.32 Å². The van der Waals surface area contributed by atoms with Crippen molar-refractivity contribution in [3.63, 3.8) is 0 Å². The summed E-state index contributed by atoms with van der Waals surface area (Å²) in [5, 5.41) is 7.12. The fourth-order valence-electron chi connectivity index (χ4n) is 2.64. The summed E-state index contributed by atoms with van der Waals surface area (Å²) in [7, 11) is -3.87. The van der Waals surface area contributed by atoms with Crippen LogP contribution in [0.1, 0.15) is 35.5 Å². The molecule has 1 atom stereocenters. The Hall–Kier alpha value is -1.36. The van der Waals surface area contributed by atoms with E-state index in [0.717, 1.165) is 11.3 Å². The van der Waals surface area contributed by atoms with E-state index in [9.17, 15) is 8.42 Å². The Balaban J connectivity index is 1.75. The van der Waals surface area contributed by atoms with Crippen LogP contribution in [-0.2, 0) is 16.6 Å². The SMILES string of the molecule is Cc1noc(C)c1CNc1ncc(S(=O)(=O)NC(C)c2cc(Cl)sc2Cl)cc1Cl. The molecule has 0 fully saturated rings. The minimum Gasteiger partial charge on any atom is -0.365 e. The number of pyridine rings is 1. The Morgan fingerprint density at radius 1 is 1.24 bits per heavy atom. The predicted molar refractivity (Wildman–Crippen MR) is 116 cm³/mol. The zero-order chi connectivity index (χ0) is 21.3. The Morgan fingerprint density at radius 3 is 2.52 bits per heavy atom. The lowest BCUT2D eigenvalue weighted by molar-refractivity contribution is 0.392. The quantitative estimate of drug-likeness (QED) is 0.458. The molecule has 0 saturated carbocycles. The summed E-state index contributed by atoms with van der Waals surface area (Å²) in [5.74, 6) is 1.04. The fraction of sp³-hybridized carbons (Fsp3) is 0.294. The predicted octanol–water partition coefficient (Wildman–Crippen LogP) is 5.36. The summed E-state index contributed by atoms with van der Waals surface area (Å²) in [4.78, 5) is 4.09. The number of hydrogen-bond donors (Lipinski definition) is 2. The van der Waals surface area contributed by atoms with Gasteiger partial charge in [0.05, 0.1) is 19.4 Å². The van der Waals surface area contributed by atoms with Gasteiger partial charge in [-0.15, -0.1) is 11.3 Å². The van der Waals surface area contributed by atoms with E-state index in [4.69, 9.17) is 39.3 Å². The highest BCUT2D eigenvalue weighted by Crippen LogP contribution is 2.35. The summed E-state index contributed by atoms with van der Waals surface area (Å²) in [6.07, 6.45) is 1.23. The van der Waals surface area contributed by atoms with Crippen molar-refractivity contribution in [2.45, 2.75) is 38.3 Å². The molecule has 0 aliphatic rings. The molecule has 2 N–H and O–H groups in total. The molecule has 0 spiro atoms. The molecule has 0 aliphatic heterocycles. The molecule has 3 rings (SSSR count). The van der Waals surface area contributed by atoms with Crippen molar-refractivity contribution >= 4 is 62.0 Å². The molecule has 3 aromatic rings. The molecule has 12 heteroatoms. The molecule has 0 saturated heterocycles.